The highest BCUT2D eigenvalue weighted by atomic mass is 35.5. The van der Waals surface area contributed by atoms with Crippen molar-refractivity contribution < 1.29 is 9.90 Å². The van der Waals surface area contributed by atoms with Gasteiger partial charge < -0.3 is 10.0 Å². The van der Waals surface area contributed by atoms with E-state index in [1.165, 1.54) is 43.9 Å². The monoisotopic (exact) mass is 391 g/mol. The Hall–Kier alpha value is -1.79. The molecule has 1 aliphatic rings. The molecule has 5 nitrogen and oxygen atoms in total. The number of hydrogen-bond donors (Lipinski definition) is 1. The minimum absolute atomic E-state index is 0.286. The van der Waals surface area contributed by atoms with Gasteiger partial charge in [-0.1, -0.05) is 54.8 Å². The van der Waals surface area contributed by atoms with Gasteiger partial charge in [-0.2, -0.15) is 0 Å². The van der Waals surface area contributed by atoms with Crippen molar-refractivity contribution in [3.63, 3.8) is 0 Å². The standard InChI is InChI=1S/C19H22ClN3O2S/c1-23(15-5-3-2-4-6-15)17-11-16(20)21-19(22-17)26-12-13-7-9-14(10-8-13)18(24)25/h7-11,15H,2-6,12H2,1H3,(H,24,25). The van der Waals surface area contributed by atoms with E-state index in [0.29, 0.717) is 22.1 Å². The molecule has 7 heteroatoms. The SMILES string of the molecule is CN(c1cc(Cl)nc(SCc2ccc(C(=O)O)cc2)n1)C1CCCCC1. The number of anilines is 1. The van der Waals surface area contributed by atoms with Crippen LogP contribution in [0.4, 0.5) is 5.82 Å². The summed E-state index contributed by atoms with van der Waals surface area (Å²) in [5.74, 6) is 0.603. The Bertz CT molecular complexity index is 764. The predicted molar refractivity (Wildman–Crippen MR) is 105 cm³/mol. The Kier molecular flexibility index (Phi) is 6.38. The third-order valence-electron chi connectivity index (χ3n) is 4.71. The lowest BCUT2D eigenvalue weighted by atomic mass is 9.94. The molecule has 138 valence electrons. The molecule has 0 unspecified atom stereocenters. The molecule has 1 aromatic carbocycles. The average molecular weight is 392 g/mol. The van der Waals surface area contributed by atoms with E-state index in [-0.39, 0.29) is 5.56 Å². The molecule has 0 amide bonds. The summed E-state index contributed by atoms with van der Waals surface area (Å²) >= 11 is 7.71. The van der Waals surface area contributed by atoms with Crippen molar-refractivity contribution >= 4 is 35.1 Å². The molecule has 3 rings (SSSR count). The lowest BCUT2D eigenvalue weighted by molar-refractivity contribution is 0.0697. The van der Waals surface area contributed by atoms with Gasteiger partial charge in [-0.3, -0.25) is 0 Å². The van der Waals surface area contributed by atoms with E-state index in [1.807, 2.05) is 18.2 Å². The first-order valence-electron chi connectivity index (χ1n) is 8.75. The molecule has 1 N–H and O–H groups in total. The van der Waals surface area contributed by atoms with Gasteiger partial charge >= 0.3 is 5.97 Å². The first kappa shape index (κ1) is 19.0. The minimum Gasteiger partial charge on any atom is -0.478 e. The molecule has 1 aromatic heterocycles. The highest BCUT2D eigenvalue weighted by molar-refractivity contribution is 7.98. The maximum absolute atomic E-state index is 10.9. The second-order valence-electron chi connectivity index (χ2n) is 6.52. The van der Waals surface area contributed by atoms with Gasteiger partial charge in [-0.25, -0.2) is 14.8 Å². The maximum Gasteiger partial charge on any atom is 0.335 e. The van der Waals surface area contributed by atoms with Crippen LogP contribution in [0, 0.1) is 0 Å². The van der Waals surface area contributed by atoms with Crippen molar-refractivity contribution in [2.75, 3.05) is 11.9 Å². The summed E-state index contributed by atoms with van der Waals surface area (Å²) in [6.45, 7) is 0. The Balaban J connectivity index is 1.68. The van der Waals surface area contributed by atoms with Crippen LogP contribution >= 0.6 is 23.4 Å². The van der Waals surface area contributed by atoms with Crippen LogP contribution in [0.25, 0.3) is 0 Å². The smallest absolute Gasteiger partial charge is 0.335 e. The number of aromatic nitrogens is 2. The summed E-state index contributed by atoms with van der Waals surface area (Å²) in [5, 5.41) is 10.0. The molecule has 0 aliphatic heterocycles. The zero-order chi connectivity index (χ0) is 18.5. The number of carboxylic acids is 1. The van der Waals surface area contributed by atoms with Crippen molar-refractivity contribution in [1.29, 1.82) is 0 Å². The largest absolute Gasteiger partial charge is 0.478 e. The van der Waals surface area contributed by atoms with E-state index in [2.05, 4.69) is 21.9 Å². The Morgan fingerprint density at radius 3 is 2.58 bits per heavy atom. The number of carboxylic acid groups (broad SMARTS) is 1. The summed E-state index contributed by atoms with van der Waals surface area (Å²) in [6.07, 6.45) is 6.23. The fourth-order valence-corrected chi connectivity index (χ4v) is 4.21. The van der Waals surface area contributed by atoms with Crippen molar-refractivity contribution in [3.05, 3.63) is 46.6 Å². The second-order valence-corrected chi connectivity index (χ2v) is 7.85. The van der Waals surface area contributed by atoms with Gasteiger partial charge in [0.1, 0.15) is 11.0 Å². The number of rotatable bonds is 6. The summed E-state index contributed by atoms with van der Waals surface area (Å²) in [7, 11) is 2.08. The highest BCUT2D eigenvalue weighted by Gasteiger charge is 2.20. The molecule has 26 heavy (non-hydrogen) atoms. The van der Waals surface area contributed by atoms with Gasteiger partial charge in [0.25, 0.3) is 0 Å². The zero-order valence-electron chi connectivity index (χ0n) is 14.7. The lowest BCUT2D eigenvalue weighted by Gasteiger charge is -2.32. The fraction of sp³-hybridized carbons (Fsp3) is 0.421. The van der Waals surface area contributed by atoms with Crippen molar-refractivity contribution in [2.24, 2.45) is 0 Å². The van der Waals surface area contributed by atoms with E-state index < -0.39 is 5.97 Å². The second kappa shape index (κ2) is 8.73. The Labute approximate surface area is 162 Å². The molecular weight excluding hydrogens is 370 g/mol. The maximum atomic E-state index is 10.9. The van der Waals surface area contributed by atoms with E-state index >= 15 is 0 Å². The van der Waals surface area contributed by atoms with Gasteiger partial charge in [-0.15, -0.1) is 0 Å². The first-order chi connectivity index (χ1) is 12.5. The normalized spacial score (nSPS) is 15.0. The topological polar surface area (TPSA) is 66.3 Å². The summed E-state index contributed by atoms with van der Waals surface area (Å²) in [4.78, 5) is 22.1. The lowest BCUT2D eigenvalue weighted by Crippen LogP contribution is -2.34. The molecule has 0 radical (unpaired) electrons. The quantitative estimate of drug-likeness (QED) is 0.429. The summed E-state index contributed by atoms with van der Waals surface area (Å²) in [6, 6.07) is 9.18. The number of halogens is 1. The molecule has 0 atom stereocenters. The molecule has 1 heterocycles. The first-order valence-corrected chi connectivity index (χ1v) is 10.1. The van der Waals surface area contributed by atoms with Crippen molar-refractivity contribution in [1.82, 2.24) is 9.97 Å². The van der Waals surface area contributed by atoms with Crippen LogP contribution < -0.4 is 4.90 Å². The van der Waals surface area contributed by atoms with Gasteiger partial charge in [0.2, 0.25) is 0 Å². The van der Waals surface area contributed by atoms with Crippen LogP contribution in [0.15, 0.2) is 35.5 Å². The number of aromatic carboxylic acids is 1. The van der Waals surface area contributed by atoms with Crippen molar-refractivity contribution in [2.45, 2.75) is 49.1 Å². The number of thioether (sulfide) groups is 1. The number of carbonyl (C=O) groups is 1. The molecule has 1 aliphatic carbocycles. The molecule has 0 spiro atoms. The van der Waals surface area contributed by atoms with Gasteiger partial charge in [0, 0.05) is 24.9 Å². The van der Waals surface area contributed by atoms with Crippen LogP contribution in [0.3, 0.4) is 0 Å². The molecule has 2 aromatic rings. The van der Waals surface area contributed by atoms with E-state index in [9.17, 15) is 4.79 Å². The third kappa shape index (κ3) is 4.89. The third-order valence-corrected chi connectivity index (χ3v) is 5.83. The van der Waals surface area contributed by atoms with Gasteiger partial charge in [0.15, 0.2) is 5.16 Å². The molecule has 1 fully saturated rings. The molecule has 1 saturated carbocycles. The average Bonchev–Trinajstić information content (AvgIpc) is 2.66. The van der Waals surface area contributed by atoms with Crippen LogP contribution in [0.5, 0.6) is 0 Å². The van der Waals surface area contributed by atoms with E-state index in [4.69, 9.17) is 16.7 Å². The number of benzene rings is 1. The van der Waals surface area contributed by atoms with Crippen LogP contribution in [-0.2, 0) is 5.75 Å². The predicted octanol–water partition coefficient (Wildman–Crippen LogP) is 4.89. The summed E-state index contributed by atoms with van der Waals surface area (Å²) < 4.78 is 0. The molecular formula is C19H22ClN3O2S. The highest BCUT2D eigenvalue weighted by Crippen LogP contribution is 2.28. The van der Waals surface area contributed by atoms with Crippen LogP contribution in [0.1, 0.15) is 48.0 Å². The van der Waals surface area contributed by atoms with E-state index in [1.54, 1.807) is 12.1 Å². The fourth-order valence-electron chi connectivity index (χ4n) is 3.18. The Morgan fingerprint density at radius 1 is 1.23 bits per heavy atom. The van der Waals surface area contributed by atoms with Crippen molar-refractivity contribution in [3.8, 4) is 0 Å². The molecule has 0 bridgehead atoms. The summed E-state index contributed by atoms with van der Waals surface area (Å²) in [5.41, 5.74) is 1.31. The number of nitrogens with zero attached hydrogens (tertiary/aromatic N) is 3. The number of hydrogen-bond acceptors (Lipinski definition) is 5. The van der Waals surface area contributed by atoms with E-state index in [0.717, 1.165) is 11.4 Å². The Morgan fingerprint density at radius 2 is 1.92 bits per heavy atom. The minimum atomic E-state index is -0.919. The van der Waals surface area contributed by atoms with Crippen LogP contribution in [0.2, 0.25) is 5.15 Å². The van der Waals surface area contributed by atoms with Crippen LogP contribution in [-0.4, -0.2) is 34.1 Å². The van der Waals surface area contributed by atoms with Gasteiger partial charge in [0.05, 0.1) is 5.56 Å². The molecule has 0 saturated heterocycles. The zero-order valence-corrected chi connectivity index (χ0v) is 16.3. The van der Waals surface area contributed by atoms with Gasteiger partial charge in [-0.05, 0) is 30.5 Å².